The van der Waals surface area contributed by atoms with Gasteiger partial charge in [0.25, 0.3) is 0 Å². The van der Waals surface area contributed by atoms with Gasteiger partial charge in [0.1, 0.15) is 0 Å². The molecule has 0 radical (unpaired) electrons. The number of aliphatic hydroxyl groups is 1. The van der Waals surface area contributed by atoms with Crippen molar-refractivity contribution >= 4 is 17.7 Å². The first-order valence-corrected chi connectivity index (χ1v) is 8.60. The summed E-state index contributed by atoms with van der Waals surface area (Å²) in [7, 11) is 1.18. The zero-order valence-corrected chi connectivity index (χ0v) is 15.9. The van der Waals surface area contributed by atoms with Crippen molar-refractivity contribution in [2.45, 2.75) is 32.9 Å². The predicted molar refractivity (Wildman–Crippen MR) is 104 cm³/mol. The van der Waals surface area contributed by atoms with Crippen LogP contribution in [0.25, 0.3) is 11.1 Å². The van der Waals surface area contributed by atoms with Crippen LogP contribution in [0.5, 0.6) is 0 Å². The maximum atomic E-state index is 12.4. The maximum Gasteiger partial charge on any atom is 0.414 e. The number of amides is 1. The molecule has 0 spiro atoms. The van der Waals surface area contributed by atoms with E-state index in [0.717, 1.165) is 16.0 Å². The highest BCUT2D eigenvalue weighted by Crippen LogP contribution is 2.30. The maximum absolute atomic E-state index is 12.4. The Hall–Kier alpha value is -2.86. The van der Waals surface area contributed by atoms with Gasteiger partial charge in [-0.2, -0.15) is 0 Å². The van der Waals surface area contributed by atoms with Gasteiger partial charge in [-0.25, -0.2) is 9.59 Å². The van der Waals surface area contributed by atoms with E-state index in [-0.39, 0.29) is 0 Å². The zero-order valence-electron chi connectivity index (χ0n) is 15.9. The number of anilines is 1. The molecule has 0 fully saturated rings. The molecule has 2 aromatic carbocycles. The molecule has 0 heterocycles. The second-order valence-corrected chi connectivity index (χ2v) is 7.35. The summed E-state index contributed by atoms with van der Waals surface area (Å²) >= 11 is 0. The number of hydrogen-bond acceptors (Lipinski definition) is 4. The number of hydrogen-bond donors (Lipinski definition) is 2. The summed E-state index contributed by atoms with van der Waals surface area (Å²) in [6.45, 7) is 5.13. The van der Waals surface area contributed by atoms with Crippen LogP contribution in [0, 0.1) is 5.41 Å². The topological polar surface area (TPSA) is 87.1 Å². The molecule has 1 amide bonds. The highest BCUT2D eigenvalue weighted by atomic mass is 16.5. The Labute approximate surface area is 159 Å². The Morgan fingerprint density at radius 3 is 1.93 bits per heavy atom. The van der Waals surface area contributed by atoms with Gasteiger partial charge >= 0.3 is 12.1 Å². The third-order valence-electron chi connectivity index (χ3n) is 4.34. The summed E-state index contributed by atoms with van der Waals surface area (Å²) in [4.78, 5) is 25.3. The standard InChI is InChI=1S/C21H25NO5/c1-21(2,3)18(23)17(19(24)25)22(20(26)27-4)16-12-10-15(11-13-16)14-8-6-5-7-9-14/h5-13,17-18,23H,1-4H3,(H,24,25)/t17-,18+/m1/s1. The van der Waals surface area contributed by atoms with Gasteiger partial charge < -0.3 is 14.9 Å². The van der Waals surface area contributed by atoms with Crippen molar-refractivity contribution in [3.63, 3.8) is 0 Å². The van der Waals surface area contributed by atoms with Gasteiger partial charge in [0, 0.05) is 5.69 Å². The molecular weight excluding hydrogens is 346 g/mol. The summed E-state index contributed by atoms with van der Waals surface area (Å²) in [5.41, 5.74) is 1.50. The third kappa shape index (κ3) is 4.65. The lowest BCUT2D eigenvalue weighted by atomic mass is 9.84. The van der Waals surface area contributed by atoms with Gasteiger partial charge in [-0.3, -0.25) is 4.90 Å². The number of carbonyl (C=O) groups is 2. The number of carbonyl (C=O) groups excluding carboxylic acids is 1. The van der Waals surface area contributed by atoms with Crippen LogP contribution in [0.4, 0.5) is 10.5 Å². The largest absolute Gasteiger partial charge is 0.480 e. The quantitative estimate of drug-likeness (QED) is 0.835. The van der Waals surface area contributed by atoms with E-state index in [1.54, 1.807) is 45.0 Å². The molecule has 0 aromatic heterocycles. The molecule has 2 atom stereocenters. The fraction of sp³-hybridized carbons (Fsp3) is 0.333. The van der Waals surface area contributed by atoms with E-state index < -0.39 is 29.6 Å². The van der Waals surface area contributed by atoms with E-state index in [1.807, 2.05) is 30.3 Å². The van der Waals surface area contributed by atoms with Gasteiger partial charge in [0.2, 0.25) is 0 Å². The molecule has 0 aliphatic rings. The van der Waals surface area contributed by atoms with Crippen molar-refractivity contribution < 1.29 is 24.5 Å². The lowest BCUT2D eigenvalue weighted by Gasteiger charge is -2.36. The molecule has 0 aliphatic heterocycles. The van der Waals surface area contributed by atoms with Gasteiger partial charge in [-0.1, -0.05) is 63.2 Å². The van der Waals surface area contributed by atoms with E-state index in [0.29, 0.717) is 5.69 Å². The van der Waals surface area contributed by atoms with Crippen LogP contribution in [0.3, 0.4) is 0 Å². The molecule has 0 saturated carbocycles. The zero-order chi connectivity index (χ0) is 20.2. The highest BCUT2D eigenvalue weighted by Gasteiger charge is 2.42. The van der Waals surface area contributed by atoms with E-state index in [1.165, 1.54) is 7.11 Å². The minimum Gasteiger partial charge on any atom is -0.480 e. The van der Waals surface area contributed by atoms with Crippen LogP contribution in [0.2, 0.25) is 0 Å². The van der Waals surface area contributed by atoms with Crippen molar-refractivity contribution in [2.24, 2.45) is 5.41 Å². The Morgan fingerprint density at radius 2 is 1.48 bits per heavy atom. The van der Waals surface area contributed by atoms with Crippen molar-refractivity contribution in [1.29, 1.82) is 0 Å². The first-order chi connectivity index (χ1) is 12.7. The Morgan fingerprint density at radius 1 is 0.963 bits per heavy atom. The number of ether oxygens (including phenoxy) is 1. The first kappa shape index (κ1) is 20.5. The molecule has 6 nitrogen and oxygen atoms in total. The average molecular weight is 371 g/mol. The second kappa shape index (κ2) is 8.22. The van der Waals surface area contributed by atoms with Gasteiger partial charge in [-0.05, 0) is 28.7 Å². The smallest absolute Gasteiger partial charge is 0.414 e. The molecule has 0 saturated heterocycles. The van der Waals surface area contributed by atoms with Crippen molar-refractivity contribution in [3.8, 4) is 11.1 Å². The number of nitrogens with zero attached hydrogens (tertiary/aromatic N) is 1. The number of benzene rings is 2. The number of rotatable bonds is 5. The van der Waals surface area contributed by atoms with Crippen molar-refractivity contribution in [1.82, 2.24) is 0 Å². The number of methoxy groups -OCH3 is 1. The first-order valence-electron chi connectivity index (χ1n) is 8.60. The van der Waals surface area contributed by atoms with Crippen LogP contribution in [0.15, 0.2) is 54.6 Å². The number of aliphatic hydroxyl groups excluding tert-OH is 1. The summed E-state index contributed by atoms with van der Waals surface area (Å²) < 4.78 is 4.79. The van der Waals surface area contributed by atoms with Gasteiger partial charge in [0.15, 0.2) is 6.04 Å². The molecule has 27 heavy (non-hydrogen) atoms. The average Bonchev–Trinajstić information content (AvgIpc) is 2.64. The van der Waals surface area contributed by atoms with E-state index in [9.17, 15) is 19.8 Å². The Bertz CT molecular complexity index is 780. The monoisotopic (exact) mass is 371 g/mol. The van der Waals surface area contributed by atoms with E-state index in [2.05, 4.69) is 0 Å². The SMILES string of the molecule is COC(=O)N(c1ccc(-c2ccccc2)cc1)[C@@H](C(=O)O)[C@H](O)C(C)(C)C. The lowest BCUT2D eigenvalue weighted by Crippen LogP contribution is -2.56. The van der Waals surface area contributed by atoms with Crippen LogP contribution in [0.1, 0.15) is 20.8 Å². The van der Waals surface area contributed by atoms with Crippen molar-refractivity contribution in [2.75, 3.05) is 12.0 Å². The normalized spacial score (nSPS) is 13.5. The third-order valence-corrected chi connectivity index (χ3v) is 4.34. The molecule has 6 heteroatoms. The minimum atomic E-state index is -1.49. The number of carboxylic acids is 1. The summed E-state index contributed by atoms with van der Waals surface area (Å²) in [5, 5.41) is 20.3. The Kier molecular flexibility index (Phi) is 6.23. The fourth-order valence-corrected chi connectivity index (χ4v) is 2.78. The minimum absolute atomic E-state index is 0.331. The predicted octanol–water partition coefficient (Wildman–Crippen LogP) is 3.79. The van der Waals surface area contributed by atoms with Crippen LogP contribution >= 0.6 is 0 Å². The molecule has 0 bridgehead atoms. The molecule has 2 rings (SSSR count). The lowest BCUT2D eigenvalue weighted by molar-refractivity contribution is -0.143. The summed E-state index contributed by atoms with van der Waals surface area (Å²) in [5.74, 6) is -1.31. The van der Waals surface area contributed by atoms with E-state index >= 15 is 0 Å². The summed E-state index contributed by atoms with van der Waals surface area (Å²) in [6.07, 6.45) is -2.15. The number of carboxylic acid groups (broad SMARTS) is 1. The van der Waals surface area contributed by atoms with Crippen LogP contribution in [-0.4, -0.2) is 41.5 Å². The second-order valence-electron chi connectivity index (χ2n) is 7.35. The molecular formula is C21H25NO5. The molecule has 0 aliphatic carbocycles. The van der Waals surface area contributed by atoms with E-state index in [4.69, 9.17) is 4.74 Å². The van der Waals surface area contributed by atoms with Crippen molar-refractivity contribution in [3.05, 3.63) is 54.6 Å². The highest BCUT2D eigenvalue weighted by molar-refractivity contribution is 5.95. The Balaban J connectivity index is 2.46. The molecule has 0 unspecified atom stereocenters. The van der Waals surface area contributed by atoms with Crippen LogP contribution in [-0.2, 0) is 9.53 Å². The summed E-state index contributed by atoms with van der Waals surface area (Å²) in [6, 6.07) is 15.1. The molecule has 2 N–H and O–H groups in total. The van der Waals surface area contributed by atoms with Crippen LogP contribution < -0.4 is 4.90 Å². The van der Waals surface area contributed by atoms with Gasteiger partial charge in [0.05, 0.1) is 13.2 Å². The number of aliphatic carboxylic acids is 1. The molecule has 144 valence electrons. The molecule has 2 aromatic rings. The fourth-order valence-electron chi connectivity index (χ4n) is 2.78. The van der Waals surface area contributed by atoms with Gasteiger partial charge in [-0.15, -0.1) is 0 Å².